The number of nitrogens with zero attached hydrogens (tertiary/aromatic N) is 2. The van der Waals surface area contributed by atoms with Crippen molar-refractivity contribution in [1.29, 1.82) is 0 Å². The van der Waals surface area contributed by atoms with Crippen LogP contribution in [0.25, 0.3) is 0 Å². The highest BCUT2D eigenvalue weighted by molar-refractivity contribution is 6.30. The largest absolute Gasteiger partial charge is 0.443 e. The molecule has 0 aliphatic carbocycles. The number of carbonyl (C=O) groups is 2. The standard InChI is InChI=1S/C15H19ClF2N2O4/c1-14(2,3)23-12(21)20(13(22)24-15(4,5)6)10-8(17)7-19-11(16)9(10)18/h7H,1-6H3. The first-order valence-electron chi connectivity index (χ1n) is 6.98. The summed E-state index contributed by atoms with van der Waals surface area (Å²) in [5.74, 6) is -2.65. The zero-order valence-corrected chi connectivity index (χ0v) is 15.0. The Morgan fingerprint density at radius 2 is 1.46 bits per heavy atom. The van der Waals surface area contributed by atoms with Gasteiger partial charge in [0.2, 0.25) is 0 Å². The third-order valence-electron chi connectivity index (χ3n) is 2.28. The number of anilines is 1. The van der Waals surface area contributed by atoms with Crippen molar-refractivity contribution >= 4 is 29.5 Å². The lowest BCUT2D eigenvalue weighted by Crippen LogP contribution is -2.44. The van der Waals surface area contributed by atoms with E-state index in [-0.39, 0.29) is 4.90 Å². The molecule has 0 fully saturated rings. The Hall–Kier alpha value is -1.96. The number of ether oxygens (including phenoxy) is 2. The average molecular weight is 365 g/mol. The summed E-state index contributed by atoms with van der Waals surface area (Å²) in [6, 6.07) is 0. The summed E-state index contributed by atoms with van der Waals surface area (Å²) in [4.78, 5) is 28.0. The van der Waals surface area contributed by atoms with Crippen LogP contribution < -0.4 is 4.90 Å². The minimum Gasteiger partial charge on any atom is -0.443 e. The normalized spacial score (nSPS) is 11.9. The van der Waals surface area contributed by atoms with Crippen molar-refractivity contribution in [3.05, 3.63) is 23.0 Å². The molecular weight excluding hydrogens is 346 g/mol. The number of amides is 2. The fraction of sp³-hybridized carbons (Fsp3) is 0.533. The number of imide groups is 1. The Balaban J connectivity index is 3.42. The van der Waals surface area contributed by atoms with Crippen LogP contribution in [0, 0.1) is 11.6 Å². The van der Waals surface area contributed by atoms with Crippen molar-refractivity contribution < 1.29 is 27.8 Å². The molecule has 1 rings (SSSR count). The predicted molar refractivity (Wildman–Crippen MR) is 84.1 cm³/mol. The Labute approximate surface area is 143 Å². The van der Waals surface area contributed by atoms with Crippen molar-refractivity contribution in [2.24, 2.45) is 0 Å². The Kier molecular flexibility index (Phi) is 5.76. The van der Waals surface area contributed by atoms with Crippen LogP contribution in [-0.4, -0.2) is 28.4 Å². The summed E-state index contributed by atoms with van der Waals surface area (Å²) < 4.78 is 38.3. The van der Waals surface area contributed by atoms with Gasteiger partial charge >= 0.3 is 12.2 Å². The highest BCUT2D eigenvalue weighted by Crippen LogP contribution is 2.30. The maximum Gasteiger partial charge on any atom is 0.424 e. The maximum atomic E-state index is 14.2. The lowest BCUT2D eigenvalue weighted by Gasteiger charge is -2.28. The molecule has 1 heterocycles. The van der Waals surface area contributed by atoms with Gasteiger partial charge in [-0.15, -0.1) is 0 Å². The molecule has 0 spiro atoms. The highest BCUT2D eigenvalue weighted by Gasteiger charge is 2.37. The number of rotatable bonds is 1. The van der Waals surface area contributed by atoms with Gasteiger partial charge in [-0.05, 0) is 41.5 Å². The topological polar surface area (TPSA) is 68.7 Å². The number of hydrogen-bond acceptors (Lipinski definition) is 5. The summed E-state index contributed by atoms with van der Waals surface area (Å²) in [5.41, 5.74) is -3.04. The SMILES string of the molecule is CC(C)(C)OC(=O)N(C(=O)OC(C)(C)C)c1c(F)cnc(Cl)c1F. The summed E-state index contributed by atoms with van der Waals surface area (Å²) in [6.07, 6.45) is -2.03. The molecule has 0 saturated heterocycles. The smallest absolute Gasteiger partial charge is 0.424 e. The second-order valence-corrected chi connectivity index (χ2v) is 7.21. The van der Waals surface area contributed by atoms with Crippen LogP contribution >= 0.6 is 11.6 Å². The summed E-state index contributed by atoms with van der Waals surface area (Å²) in [7, 11) is 0. The van der Waals surface area contributed by atoms with E-state index in [0.29, 0.717) is 6.20 Å². The molecule has 0 saturated carbocycles. The molecule has 0 unspecified atom stereocenters. The van der Waals surface area contributed by atoms with Crippen molar-refractivity contribution in [3.8, 4) is 0 Å². The average Bonchev–Trinajstić information content (AvgIpc) is 2.34. The van der Waals surface area contributed by atoms with Gasteiger partial charge in [-0.25, -0.2) is 23.4 Å². The summed E-state index contributed by atoms with van der Waals surface area (Å²) in [5, 5.41) is -0.705. The van der Waals surface area contributed by atoms with Gasteiger partial charge in [-0.2, -0.15) is 4.90 Å². The molecule has 24 heavy (non-hydrogen) atoms. The van der Waals surface area contributed by atoms with Gasteiger partial charge in [-0.1, -0.05) is 11.6 Å². The van der Waals surface area contributed by atoms with E-state index in [1.54, 1.807) is 0 Å². The molecule has 134 valence electrons. The fourth-order valence-electron chi connectivity index (χ4n) is 1.51. The number of hydrogen-bond donors (Lipinski definition) is 0. The molecule has 0 atom stereocenters. The van der Waals surface area contributed by atoms with Gasteiger partial charge in [0.05, 0.1) is 6.20 Å². The van der Waals surface area contributed by atoms with E-state index in [2.05, 4.69) is 4.98 Å². The number of aromatic nitrogens is 1. The van der Waals surface area contributed by atoms with Crippen LogP contribution in [0.5, 0.6) is 0 Å². The van der Waals surface area contributed by atoms with Crippen LogP contribution in [0.3, 0.4) is 0 Å². The van der Waals surface area contributed by atoms with Crippen molar-refractivity contribution in [2.45, 2.75) is 52.7 Å². The van der Waals surface area contributed by atoms with E-state index in [9.17, 15) is 18.4 Å². The van der Waals surface area contributed by atoms with Crippen LogP contribution in [0.4, 0.5) is 24.1 Å². The molecule has 6 nitrogen and oxygen atoms in total. The van der Waals surface area contributed by atoms with E-state index in [4.69, 9.17) is 21.1 Å². The Morgan fingerprint density at radius 1 is 1.04 bits per heavy atom. The highest BCUT2D eigenvalue weighted by atomic mass is 35.5. The van der Waals surface area contributed by atoms with Crippen molar-refractivity contribution in [1.82, 2.24) is 4.98 Å². The first kappa shape index (κ1) is 20.1. The van der Waals surface area contributed by atoms with E-state index >= 15 is 0 Å². The van der Waals surface area contributed by atoms with E-state index in [1.165, 1.54) is 41.5 Å². The molecule has 1 aromatic heterocycles. The summed E-state index contributed by atoms with van der Waals surface area (Å²) >= 11 is 5.52. The molecule has 0 bridgehead atoms. The second kappa shape index (κ2) is 6.88. The molecule has 0 aliphatic rings. The molecule has 0 radical (unpaired) electrons. The van der Waals surface area contributed by atoms with Gasteiger partial charge in [0.25, 0.3) is 0 Å². The maximum absolute atomic E-state index is 14.2. The van der Waals surface area contributed by atoms with Crippen molar-refractivity contribution in [3.63, 3.8) is 0 Å². The van der Waals surface area contributed by atoms with Crippen LogP contribution in [-0.2, 0) is 9.47 Å². The minimum atomic E-state index is -1.38. The van der Waals surface area contributed by atoms with Crippen molar-refractivity contribution in [2.75, 3.05) is 4.90 Å². The first-order valence-corrected chi connectivity index (χ1v) is 7.36. The van der Waals surface area contributed by atoms with Gasteiger partial charge in [-0.3, -0.25) is 0 Å². The Morgan fingerprint density at radius 3 is 1.83 bits per heavy atom. The summed E-state index contributed by atoms with van der Waals surface area (Å²) in [6.45, 7) is 9.19. The zero-order chi connectivity index (χ0) is 18.9. The number of halogens is 3. The van der Waals surface area contributed by atoms with Gasteiger partial charge in [0, 0.05) is 0 Å². The second-order valence-electron chi connectivity index (χ2n) is 6.86. The molecule has 2 amide bonds. The first-order chi connectivity index (χ1) is 10.7. The van der Waals surface area contributed by atoms with Gasteiger partial charge in [0.15, 0.2) is 16.8 Å². The predicted octanol–water partition coefficient (Wildman–Crippen LogP) is 4.69. The fourth-order valence-corrected chi connectivity index (χ4v) is 1.65. The van der Waals surface area contributed by atoms with Crippen LogP contribution in [0.1, 0.15) is 41.5 Å². The van der Waals surface area contributed by atoms with Crippen LogP contribution in [0.2, 0.25) is 5.15 Å². The third kappa shape index (κ3) is 5.30. The lowest BCUT2D eigenvalue weighted by atomic mass is 10.2. The third-order valence-corrected chi connectivity index (χ3v) is 2.55. The van der Waals surface area contributed by atoms with Gasteiger partial charge < -0.3 is 9.47 Å². The van der Waals surface area contributed by atoms with E-state index in [0.717, 1.165) is 0 Å². The quantitative estimate of drug-likeness (QED) is 0.676. The molecule has 9 heteroatoms. The Bertz CT molecular complexity index is 626. The van der Waals surface area contributed by atoms with Crippen LogP contribution in [0.15, 0.2) is 6.20 Å². The van der Waals surface area contributed by atoms with Gasteiger partial charge in [0.1, 0.15) is 16.9 Å². The molecule has 0 aliphatic heterocycles. The lowest BCUT2D eigenvalue weighted by molar-refractivity contribution is 0.0427. The zero-order valence-electron chi connectivity index (χ0n) is 14.2. The van der Waals surface area contributed by atoms with E-state index < -0.39 is 45.9 Å². The molecule has 0 aromatic carbocycles. The van der Waals surface area contributed by atoms with E-state index in [1.807, 2.05) is 0 Å². The minimum absolute atomic E-state index is 0.120. The molecular formula is C15H19ClF2N2O4. The molecule has 1 aromatic rings. The molecule has 0 N–H and O–H groups in total. The number of pyridine rings is 1. The number of carbonyl (C=O) groups excluding carboxylic acids is 2. The monoisotopic (exact) mass is 364 g/mol.